The predicted molar refractivity (Wildman–Crippen MR) is 61.8 cm³/mol. The van der Waals surface area contributed by atoms with E-state index in [1.54, 1.807) is 0 Å². The van der Waals surface area contributed by atoms with Crippen molar-refractivity contribution in [1.82, 2.24) is 29.7 Å². The van der Waals surface area contributed by atoms with Gasteiger partial charge in [-0.05, 0) is 0 Å². The van der Waals surface area contributed by atoms with Gasteiger partial charge in [-0.25, -0.2) is 19.6 Å². The fourth-order valence-corrected chi connectivity index (χ4v) is 1.29. The summed E-state index contributed by atoms with van der Waals surface area (Å²) in [6.07, 6.45) is 0.153. The third kappa shape index (κ3) is 3.07. The number of alkyl halides is 2. The third-order valence-corrected chi connectivity index (χ3v) is 2.12. The number of rotatable bonds is 5. The Bertz CT molecular complexity index is 529. The number of hydrogen-bond acceptors (Lipinski definition) is 8. The van der Waals surface area contributed by atoms with Crippen LogP contribution in [0, 0.1) is 0 Å². The van der Waals surface area contributed by atoms with Crippen LogP contribution in [0.1, 0.15) is 0 Å². The van der Waals surface area contributed by atoms with Gasteiger partial charge in [-0.2, -0.15) is 24.7 Å². The van der Waals surface area contributed by atoms with E-state index in [0.717, 1.165) is 0 Å². The molecule has 0 aliphatic heterocycles. The molecule has 3 N–H and O–H groups in total. The number of anilines is 2. The molecule has 0 saturated heterocycles. The summed E-state index contributed by atoms with van der Waals surface area (Å²) in [4.78, 5) is 16.8. The van der Waals surface area contributed by atoms with Crippen molar-refractivity contribution < 1.29 is 8.78 Å². The Balaban J connectivity index is 2.36. The van der Waals surface area contributed by atoms with Crippen LogP contribution in [-0.4, -0.2) is 49.7 Å². The van der Waals surface area contributed by atoms with Gasteiger partial charge in [0.15, 0.2) is 0 Å². The lowest BCUT2D eigenvalue weighted by Crippen LogP contribution is -2.27. The topological polar surface area (TPSA) is 111 Å². The average Bonchev–Trinajstić information content (AvgIpc) is 2.91. The lowest BCUT2D eigenvalue weighted by molar-refractivity contribution is 0.156. The molecular weight excluding hydrogens is 260 g/mol. The molecule has 11 heteroatoms. The van der Waals surface area contributed by atoms with Crippen molar-refractivity contribution in [2.45, 2.75) is 6.43 Å². The number of hydrogen-bond donors (Lipinski definition) is 2. The van der Waals surface area contributed by atoms with E-state index in [4.69, 9.17) is 5.84 Å². The van der Waals surface area contributed by atoms with Gasteiger partial charge in [0.05, 0.1) is 6.54 Å². The Morgan fingerprint density at radius 1 is 1.42 bits per heavy atom. The Kier molecular flexibility index (Phi) is 3.75. The van der Waals surface area contributed by atoms with Gasteiger partial charge in [0.2, 0.25) is 11.9 Å². The van der Waals surface area contributed by atoms with Crippen LogP contribution in [-0.2, 0) is 0 Å². The first-order valence-corrected chi connectivity index (χ1v) is 5.17. The van der Waals surface area contributed by atoms with E-state index in [0.29, 0.717) is 0 Å². The number of hydrazine groups is 1. The second-order valence-corrected chi connectivity index (χ2v) is 3.52. The maximum Gasteiger partial charge on any atom is 0.258 e. The van der Waals surface area contributed by atoms with Crippen LogP contribution in [0.4, 0.5) is 20.7 Å². The van der Waals surface area contributed by atoms with Crippen molar-refractivity contribution in [3.63, 3.8) is 0 Å². The van der Waals surface area contributed by atoms with E-state index in [1.165, 1.54) is 29.3 Å². The van der Waals surface area contributed by atoms with Crippen molar-refractivity contribution >= 4 is 11.9 Å². The molecule has 9 nitrogen and oxygen atoms in total. The molecule has 0 spiro atoms. The molecule has 0 unspecified atom stereocenters. The van der Waals surface area contributed by atoms with Crippen LogP contribution in [0.25, 0.3) is 5.95 Å². The van der Waals surface area contributed by atoms with Gasteiger partial charge in [-0.15, -0.1) is 0 Å². The number of nitrogens with zero attached hydrogens (tertiary/aromatic N) is 7. The highest BCUT2D eigenvalue weighted by atomic mass is 19.3. The van der Waals surface area contributed by atoms with Crippen molar-refractivity contribution in [3.8, 4) is 5.95 Å². The average molecular weight is 271 g/mol. The van der Waals surface area contributed by atoms with E-state index < -0.39 is 13.0 Å². The van der Waals surface area contributed by atoms with Crippen LogP contribution in [0.15, 0.2) is 12.7 Å². The number of nitrogen functional groups attached to an aromatic ring is 1. The summed E-state index contributed by atoms with van der Waals surface area (Å²) in [5.41, 5.74) is 2.24. The fraction of sp³-hybridized carbons (Fsp3) is 0.375. The molecule has 0 aliphatic carbocycles. The quantitative estimate of drug-likeness (QED) is 0.550. The van der Waals surface area contributed by atoms with Crippen molar-refractivity contribution in [1.29, 1.82) is 0 Å². The Hall–Kier alpha value is -2.43. The first kappa shape index (κ1) is 13.0. The van der Waals surface area contributed by atoms with E-state index in [1.807, 2.05) is 0 Å². The number of halogens is 2. The zero-order valence-corrected chi connectivity index (χ0v) is 9.90. The molecule has 2 aromatic rings. The van der Waals surface area contributed by atoms with Gasteiger partial charge in [0, 0.05) is 7.05 Å². The largest absolute Gasteiger partial charge is 0.338 e. The molecule has 2 rings (SSSR count). The van der Waals surface area contributed by atoms with E-state index >= 15 is 0 Å². The summed E-state index contributed by atoms with van der Waals surface area (Å²) in [5, 5.41) is 3.84. The molecule has 0 bridgehead atoms. The van der Waals surface area contributed by atoms with Crippen LogP contribution in [0.3, 0.4) is 0 Å². The molecular formula is C8H11F2N9. The predicted octanol–water partition coefficient (Wildman–Crippen LogP) is -0.561. The first-order valence-electron chi connectivity index (χ1n) is 5.17. The van der Waals surface area contributed by atoms with Crippen LogP contribution in [0.5, 0.6) is 0 Å². The van der Waals surface area contributed by atoms with Gasteiger partial charge in [0.1, 0.15) is 12.7 Å². The highest BCUT2D eigenvalue weighted by Crippen LogP contribution is 2.12. The highest BCUT2D eigenvalue weighted by Gasteiger charge is 2.14. The first-order chi connectivity index (χ1) is 9.10. The summed E-state index contributed by atoms with van der Waals surface area (Å²) in [6, 6.07) is 0. The van der Waals surface area contributed by atoms with Gasteiger partial charge in [-0.1, -0.05) is 0 Å². The van der Waals surface area contributed by atoms with Gasteiger partial charge in [0.25, 0.3) is 12.4 Å². The van der Waals surface area contributed by atoms with Crippen molar-refractivity contribution in [2.75, 3.05) is 23.9 Å². The SMILES string of the molecule is CN(CC(F)F)c1nc(NN)nc(-n2cncn2)n1. The third-order valence-electron chi connectivity index (χ3n) is 2.12. The minimum atomic E-state index is -2.51. The molecule has 0 saturated carbocycles. The molecule has 2 aromatic heterocycles. The summed E-state index contributed by atoms with van der Waals surface area (Å²) in [5.74, 6) is 5.44. The van der Waals surface area contributed by atoms with Gasteiger partial charge in [-0.3, -0.25) is 5.43 Å². The molecule has 0 radical (unpaired) electrons. The van der Waals surface area contributed by atoms with Crippen molar-refractivity contribution in [3.05, 3.63) is 12.7 Å². The number of aromatic nitrogens is 6. The zero-order chi connectivity index (χ0) is 13.8. The van der Waals surface area contributed by atoms with Crippen LogP contribution >= 0.6 is 0 Å². The molecule has 0 atom stereocenters. The molecule has 0 fully saturated rings. The van der Waals surface area contributed by atoms with Gasteiger partial charge < -0.3 is 4.90 Å². The normalized spacial score (nSPS) is 10.8. The molecule has 0 amide bonds. The second-order valence-electron chi connectivity index (χ2n) is 3.52. The minimum Gasteiger partial charge on any atom is -0.338 e. The second kappa shape index (κ2) is 5.48. The maximum atomic E-state index is 12.3. The monoisotopic (exact) mass is 271 g/mol. The number of nitrogens with two attached hydrogens (primary N) is 1. The molecule has 19 heavy (non-hydrogen) atoms. The summed E-state index contributed by atoms with van der Waals surface area (Å²) in [7, 11) is 1.44. The Labute approximate surface area is 106 Å². The van der Waals surface area contributed by atoms with E-state index in [2.05, 4.69) is 30.5 Å². The Morgan fingerprint density at radius 3 is 2.79 bits per heavy atom. The lowest BCUT2D eigenvalue weighted by Gasteiger charge is -2.17. The van der Waals surface area contributed by atoms with E-state index in [9.17, 15) is 8.78 Å². The summed E-state index contributed by atoms with van der Waals surface area (Å²) < 4.78 is 26.0. The molecule has 102 valence electrons. The smallest absolute Gasteiger partial charge is 0.258 e. The zero-order valence-electron chi connectivity index (χ0n) is 9.90. The number of nitrogens with one attached hydrogen (secondary N) is 1. The standard InChI is InChI=1S/C8H11F2N9/c1-18(2-5(9)10)7-14-6(17-11)15-8(16-7)19-4-12-3-13-19/h3-5H,2,11H2,1H3,(H,14,15,16,17). The molecule has 0 aromatic carbocycles. The van der Waals surface area contributed by atoms with Crippen LogP contribution < -0.4 is 16.2 Å². The summed E-state index contributed by atoms with van der Waals surface area (Å²) >= 11 is 0. The Morgan fingerprint density at radius 2 is 2.21 bits per heavy atom. The van der Waals surface area contributed by atoms with Crippen LogP contribution in [0.2, 0.25) is 0 Å². The fourth-order valence-electron chi connectivity index (χ4n) is 1.29. The minimum absolute atomic E-state index is 0.0385. The van der Waals surface area contributed by atoms with Gasteiger partial charge >= 0.3 is 0 Å². The summed E-state index contributed by atoms with van der Waals surface area (Å²) in [6.45, 7) is -0.509. The van der Waals surface area contributed by atoms with E-state index in [-0.39, 0.29) is 17.8 Å². The molecule has 0 aliphatic rings. The molecule has 2 heterocycles. The maximum absolute atomic E-state index is 12.3. The lowest BCUT2D eigenvalue weighted by atomic mass is 10.6. The highest BCUT2D eigenvalue weighted by molar-refractivity contribution is 5.38. The van der Waals surface area contributed by atoms with Crippen molar-refractivity contribution in [2.24, 2.45) is 5.84 Å².